The second-order valence-electron chi connectivity index (χ2n) is 9.07. The van der Waals surface area contributed by atoms with Gasteiger partial charge in [-0.3, -0.25) is 14.9 Å². The van der Waals surface area contributed by atoms with Crippen LogP contribution in [0.4, 0.5) is 5.69 Å². The van der Waals surface area contributed by atoms with E-state index < -0.39 is 37.8 Å². The van der Waals surface area contributed by atoms with Crippen LogP contribution in [0.3, 0.4) is 0 Å². The number of benzene rings is 3. The van der Waals surface area contributed by atoms with E-state index in [-0.39, 0.29) is 23.7 Å². The number of carbonyl (C=O) groups excluding carboxylic acids is 1. The third kappa shape index (κ3) is 3.97. The maximum atomic E-state index is 14.0. The summed E-state index contributed by atoms with van der Waals surface area (Å²) in [4.78, 5) is 23.8. The van der Waals surface area contributed by atoms with E-state index in [0.717, 1.165) is 39.3 Å². The molecule has 10 heteroatoms. The average Bonchev–Trinajstić information content (AvgIpc) is 3.19. The van der Waals surface area contributed by atoms with Crippen molar-refractivity contribution < 1.29 is 22.9 Å². The maximum absolute atomic E-state index is 14.0. The number of nitrogens with zero attached hydrogens (tertiary/aromatic N) is 3. The molecule has 0 N–H and O–H groups in total. The van der Waals surface area contributed by atoms with E-state index in [9.17, 15) is 28.6 Å². The number of ether oxygens (including phenoxy) is 1. The number of hydrogen-bond donors (Lipinski definition) is 0. The fraction of sp³-hybridized carbons (Fsp3) is 0.259. The van der Waals surface area contributed by atoms with E-state index in [1.807, 2.05) is 24.3 Å². The smallest absolute Gasteiger partial charge is 0.329 e. The standard InChI is InChI=1S/C27H25N3O6S/c1-4-26(3)18-29(37(34,35)23-14-12-22(13-15-23)30(32)33)24(27(26,17-28)25(31)36-5-2)21-11-10-19-8-6-7-9-20(19)16-21/h4,6-16,24H,1,5,18H2,2-3H3/t24-,26+,27+/m0/s1. The first-order valence-corrected chi connectivity index (χ1v) is 13.0. The van der Waals surface area contributed by atoms with Crippen LogP contribution in [0.1, 0.15) is 25.5 Å². The van der Waals surface area contributed by atoms with Crippen molar-refractivity contribution in [1.29, 1.82) is 5.26 Å². The molecule has 3 aromatic rings. The number of esters is 1. The summed E-state index contributed by atoms with van der Waals surface area (Å²) in [6.07, 6.45) is 1.42. The van der Waals surface area contributed by atoms with Crippen LogP contribution in [0.25, 0.3) is 10.8 Å². The Morgan fingerprint density at radius 3 is 2.43 bits per heavy atom. The van der Waals surface area contributed by atoms with Crippen LogP contribution in [0.15, 0.2) is 84.3 Å². The molecule has 190 valence electrons. The van der Waals surface area contributed by atoms with Crippen molar-refractivity contribution in [2.24, 2.45) is 10.8 Å². The Kier molecular flexibility index (Phi) is 6.62. The highest BCUT2D eigenvalue weighted by molar-refractivity contribution is 7.89. The van der Waals surface area contributed by atoms with E-state index >= 15 is 0 Å². The van der Waals surface area contributed by atoms with Crippen molar-refractivity contribution in [2.75, 3.05) is 13.2 Å². The molecule has 0 bridgehead atoms. The molecule has 9 nitrogen and oxygen atoms in total. The molecular weight excluding hydrogens is 494 g/mol. The van der Waals surface area contributed by atoms with Gasteiger partial charge in [-0.1, -0.05) is 49.4 Å². The second kappa shape index (κ2) is 9.42. The Morgan fingerprint density at radius 1 is 1.22 bits per heavy atom. The Bertz CT molecular complexity index is 1550. The minimum absolute atomic E-state index is 0.00493. The number of carbonyl (C=O) groups is 1. The van der Waals surface area contributed by atoms with Gasteiger partial charge < -0.3 is 4.74 Å². The lowest BCUT2D eigenvalue weighted by Crippen LogP contribution is -2.46. The van der Waals surface area contributed by atoms with Gasteiger partial charge in [-0.15, -0.1) is 6.58 Å². The summed E-state index contributed by atoms with van der Waals surface area (Å²) >= 11 is 0. The molecule has 0 amide bonds. The molecule has 1 aliphatic heterocycles. The molecule has 0 aliphatic carbocycles. The minimum atomic E-state index is -4.34. The third-order valence-corrected chi connectivity index (χ3v) is 8.88. The van der Waals surface area contributed by atoms with Crippen LogP contribution in [0, 0.1) is 32.3 Å². The summed E-state index contributed by atoms with van der Waals surface area (Å²) in [7, 11) is -4.34. The lowest BCUT2D eigenvalue weighted by Gasteiger charge is -2.36. The highest BCUT2D eigenvalue weighted by atomic mass is 32.2. The Hall–Kier alpha value is -4.07. The van der Waals surface area contributed by atoms with Gasteiger partial charge in [-0.2, -0.15) is 9.57 Å². The molecule has 3 aromatic carbocycles. The molecule has 0 saturated carbocycles. The molecule has 3 atom stereocenters. The zero-order valence-electron chi connectivity index (χ0n) is 20.3. The van der Waals surface area contributed by atoms with E-state index in [2.05, 4.69) is 12.6 Å². The molecule has 1 heterocycles. The molecule has 0 spiro atoms. The Morgan fingerprint density at radius 2 is 1.86 bits per heavy atom. The molecule has 1 fully saturated rings. The molecule has 0 aromatic heterocycles. The normalized spacial score (nSPS) is 23.9. The van der Waals surface area contributed by atoms with Crippen LogP contribution in [-0.2, 0) is 19.6 Å². The van der Waals surface area contributed by atoms with Gasteiger partial charge in [0.25, 0.3) is 5.69 Å². The highest BCUT2D eigenvalue weighted by Gasteiger charge is 2.69. The van der Waals surface area contributed by atoms with Gasteiger partial charge in [0, 0.05) is 24.1 Å². The second-order valence-corrected chi connectivity index (χ2v) is 11.0. The highest BCUT2D eigenvalue weighted by Crippen LogP contribution is 2.60. The van der Waals surface area contributed by atoms with Crippen molar-refractivity contribution in [3.8, 4) is 6.07 Å². The van der Waals surface area contributed by atoms with Gasteiger partial charge in [0.05, 0.1) is 28.5 Å². The number of rotatable bonds is 7. The summed E-state index contributed by atoms with van der Waals surface area (Å²) in [5, 5.41) is 23.4. The van der Waals surface area contributed by atoms with E-state index in [1.165, 1.54) is 6.08 Å². The fourth-order valence-corrected chi connectivity index (χ4v) is 6.76. The number of nitro benzene ring substituents is 1. The molecule has 0 unspecified atom stereocenters. The van der Waals surface area contributed by atoms with Gasteiger partial charge in [0.1, 0.15) is 0 Å². The van der Waals surface area contributed by atoms with Crippen LogP contribution in [0.5, 0.6) is 0 Å². The molecular formula is C27H25N3O6S. The van der Waals surface area contributed by atoms with Crippen LogP contribution in [-0.4, -0.2) is 36.8 Å². The van der Waals surface area contributed by atoms with Crippen LogP contribution < -0.4 is 0 Å². The Labute approximate surface area is 214 Å². The summed E-state index contributed by atoms with van der Waals surface area (Å²) in [5.41, 5.74) is -3.11. The summed E-state index contributed by atoms with van der Waals surface area (Å²) in [5.74, 6) is -0.848. The van der Waals surface area contributed by atoms with Crippen LogP contribution in [0.2, 0.25) is 0 Å². The van der Waals surface area contributed by atoms with Crippen molar-refractivity contribution in [1.82, 2.24) is 4.31 Å². The predicted octanol–water partition coefficient (Wildman–Crippen LogP) is 4.76. The number of nitro groups is 1. The van der Waals surface area contributed by atoms with Crippen molar-refractivity contribution in [2.45, 2.75) is 24.8 Å². The van der Waals surface area contributed by atoms with Crippen molar-refractivity contribution in [3.05, 3.63) is 95.1 Å². The molecule has 1 saturated heterocycles. The third-order valence-electron chi connectivity index (χ3n) is 7.05. The first-order chi connectivity index (χ1) is 17.6. The Balaban J connectivity index is 2.00. The van der Waals surface area contributed by atoms with Gasteiger partial charge >= 0.3 is 5.97 Å². The van der Waals surface area contributed by atoms with Gasteiger partial charge in [0.15, 0.2) is 5.41 Å². The van der Waals surface area contributed by atoms with Crippen molar-refractivity contribution in [3.63, 3.8) is 0 Å². The van der Waals surface area contributed by atoms with E-state index in [1.54, 1.807) is 32.0 Å². The zero-order chi connectivity index (χ0) is 27.0. The first kappa shape index (κ1) is 26.0. The van der Waals surface area contributed by atoms with Gasteiger partial charge in [-0.05, 0) is 41.5 Å². The quantitative estimate of drug-likeness (QED) is 0.190. The molecule has 4 rings (SSSR count). The predicted molar refractivity (Wildman–Crippen MR) is 137 cm³/mol. The number of fused-ring (bicyclic) bond motifs is 1. The largest absolute Gasteiger partial charge is 0.465 e. The van der Waals surface area contributed by atoms with Gasteiger partial charge in [0.2, 0.25) is 10.0 Å². The molecule has 37 heavy (non-hydrogen) atoms. The van der Waals surface area contributed by atoms with E-state index in [4.69, 9.17) is 4.74 Å². The van der Waals surface area contributed by atoms with Gasteiger partial charge in [-0.25, -0.2) is 8.42 Å². The van der Waals surface area contributed by atoms with Crippen LogP contribution >= 0.6 is 0 Å². The monoisotopic (exact) mass is 519 g/mol. The average molecular weight is 520 g/mol. The maximum Gasteiger partial charge on any atom is 0.329 e. The lowest BCUT2D eigenvalue weighted by molar-refractivity contribution is -0.384. The molecule has 0 radical (unpaired) electrons. The number of sulfonamides is 1. The fourth-order valence-electron chi connectivity index (χ4n) is 5.01. The number of hydrogen-bond acceptors (Lipinski definition) is 7. The SMILES string of the molecule is C=C[C@]1(C)CN(S(=O)(=O)c2ccc([N+](=O)[O-])cc2)[C@@H](c2ccc3ccccc3c2)[C@]1(C#N)C(=O)OCC. The first-order valence-electron chi connectivity index (χ1n) is 11.5. The summed E-state index contributed by atoms with van der Waals surface area (Å²) < 4.78 is 34.5. The summed E-state index contributed by atoms with van der Waals surface area (Å²) in [6.45, 7) is 6.82. The van der Waals surface area contributed by atoms with Crippen molar-refractivity contribution >= 4 is 32.5 Å². The number of nitriles is 1. The lowest BCUT2D eigenvalue weighted by atomic mass is 9.63. The zero-order valence-corrected chi connectivity index (χ0v) is 21.1. The topological polar surface area (TPSA) is 131 Å². The number of non-ortho nitro benzene ring substituents is 1. The molecule has 1 aliphatic rings. The van der Waals surface area contributed by atoms with E-state index in [0.29, 0.717) is 5.56 Å². The summed E-state index contributed by atoms with van der Waals surface area (Å²) in [6, 6.07) is 18.1. The minimum Gasteiger partial charge on any atom is -0.465 e.